The van der Waals surface area contributed by atoms with Crippen LogP contribution in [0.25, 0.3) is 0 Å². The molecule has 116 valence electrons. The van der Waals surface area contributed by atoms with E-state index in [4.69, 9.17) is 20.7 Å². The minimum Gasteiger partial charge on any atom is -0.450 e. The Labute approximate surface area is 118 Å². The SMILES string of the molecule is CCCC(CCC)C(N)(CCC)CCC.O=C(O)O. The van der Waals surface area contributed by atoms with Crippen molar-refractivity contribution in [1.82, 2.24) is 0 Å². The molecule has 0 amide bonds. The summed E-state index contributed by atoms with van der Waals surface area (Å²) in [4.78, 5) is 8.56. The van der Waals surface area contributed by atoms with Crippen LogP contribution in [0.4, 0.5) is 4.79 Å². The molecule has 0 bridgehead atoms. The first-order valence-electron chi connectivity index (χ1n) is 7.58. The maximum atomic E-state index is 8.56. The van der Waals surface area contributed by atoms with Crippen LogP contribution in [-0.4, -0.2) is 21.9 Å². The number of carbonyl (C=O) groups is 1. The average Bonchev–Trinajstić information content (AvgIpc) is 2.28. The van der Waals surface area contributed by atoms with Crippen LogP contribution in [0.5, 0.6) is 0 Å². The highest BCUT2D eigenvalue weighted by Gasteiger charge is 2.31. The molecule has 0 aliphatic rings. The minimum atomic E-state index is -1.83. The summed E-state index contributed by atoms with van der Waals surface area (Å²) in [6.07, 6.45) is 8.18. The van der Waals surface area contributed by atoms with Gasteiger partial charge in [0.15, 0.2) is 0 Å². The molecule has 4 N–H and O–H groups in total. The van der Waals surface area contributed by atoms with Crippen molar-refractivity contribution in [3.05, 3.63) is 0 Å². The van der Waals surface area contributed by atoms with Crippen LogP contribution in [0, 0.1) is 5.92 Å². The summed E-state index contributed by atoms with van der Waals surface area (Å²) in [6, 6.07) is 0. The predicted octanol–water partition coefficient (Wildman–Crippen LogP) is 4.72. The van der Waals surface area contributed by atoms with Crippen LogP contribution in [0.3, 0.4) is 0 Å². The number of hydrogen-bond donors (Lipinski definition) is 3. The molecule has 0 unspecified atom stereocenters. The van der Waals surface area contributed by atoms with Crippen LogP contribution in [0.15, 0.2) is 0 Å². The Morgan fingerprint density at radius 3 is 1.47 bits per heavy atom. The van der Waals surface area contributed by atoms with E-state index in [1.165, 1.54) is 51.4 Å². The van der Waals surface area contributed by atoms with Crippen molar-refractivity contribution >= 4 is 6.16 Å². The second kappa shape index (κ2) is 12.3. The Balaban J connectivity index is 0. The zero-order valence-electron chi connectivity index (χ0n) is 13.1. The van der Waals surface area contributed by atoms with Crippen LogP contribution >= 0.6 is 0 Å². The molecule has 0 saturated carbocycles. The number of hydrogen-bond acceptors (Lipinski definition) is 2. The predicted molar refractivity (Wildman–Crippen MR) is 80.7 cm³/mol. The van der Waals surface area contributed by atoms with Gasteiger partial charge in [-0.1, -0.05) is 53.4 Å². The van der Waals surface area contributed by atoms with E-state index in [0.29, 0.717) is 0 Å². The van der Waals surface area contributed by atoms with Crippen molar-refractivity contribution in [2.24, 2.45) is 11.7 Å². The van der Waals surface area contributed by atoms with Crippen molar-refractivity contribution in [1.29, 1.82) is 0 Å². The molecule has 0 aromatic carbocycles. The highest BCUT2D eigenvalue weighted by molar-refractivity contribution is 5.53. The maximum Gasteiger partial charge on any atom is 0.503 e. The van der Waals surface area contributed by atoms with Crippen LogP contribution < -0.4 is 5.73 Å². The van der Waals surface area contributed by atoms with E-state index in [1.807, 2.05) is 0 Å². The fourth-order valence-electron chi connectivity index (χ4n) is 2.88. The van der Waals surface area contributed by atoms with Gasteiger partial charge in [-0.3, -0.25) is 0 Å². The Kier molecular flexibility index (Phi) is 13.3. The molecular formula is C15H33NO3. The first kappa shape index (κ1) is 20.5. The molecule has 0 aliphatic carbocycles. The Morgan fingerprint density at radius 2 is 1.26 bits per heavy atom. The van der Waals surface area contributed by atoms with Gasteiger partial charge in [-0.25, -0.2) is 4.79 Å². The molecule has 0 heterocycles. The van der Waals surface area contributed by atoms with E-state index < -0.39 is 6.16 Å². The first-order valence-corrected chi connectivity index (χ1v) is 7.58. The van der Waals surface area contributed by atoms with E-state index in [-0.39, 0.29) is 5.54 Å². The van der Waals surface area contributed by atoms with Gasteiger partial charge in [0.25, 0.3) is 0 Å². The summed E-state index contributed by atoms with van der Waals surface area (Å²) in [5.41, 5.74) is 6.76. The largest absolute Gasteiger partial charge is 0.503 e. The van der Waals surface area contributed by atoms with Gasteiger partial charge in [-0.2, -0.15) is 0 Å². The Bertz CT molecular complexity index is 203. The van der Waals surface area contributed by atoms with Gasteiger partial charge in [0.1, 0.15) is 0 Å². The van der Waals surface area contributed by atoms with Gasteiger partial charge in [0.2, 0.25) is 0 Å². The lowest BCUT2D eigenvalue weighted by Crippen LogP contribution is -2.47. The van der Waals surface area contributed by atoms with Crippen molar-refractivity contribution < 1.29 is 15.0 Å². The molecule has 0 aromatic rings. The van der Waals surface area contributed by atoms with Gasteiger partial charge >= 0.3 is 6.16 Å². The second-order valence-electron chi connectivity index (χ2n) is 5.29. The first-order chi connectivity index (χ1) is 8.87. The zero-order valence-corrected chi connectivity index (χ0v) is 13.1. The summed E-state index contributed by atoms with van der Waals surface area (Å²) in [6.45, 7) is 9.07. The maximum absolute atomic E-state index is 8.56. The lowest BCUT2D eigenvalue weighted by atomic mass is 9.73. The molecule has 0 saturated heterocycles. The smallest absolute Gasteiger partial charge is 0.450 e. The lowest BCUT2D eigenvalue weighted by molar-refractivity contribution is 0.137. The van der Waals surface area contributed by atoms with E-state index in [9.17, 15) is 0 Å². The third-order valence-electron chi connectivity index (χ3n) is 3.52. The third-order valence-corrected chi connectivity index (χ3v) is 3.52. The number of carboxylic acid groups (broad SMARTS) is 2. The molecule has 0 aromatic heterocycles. The molecule has 0 atom stereocenters. The van der Waals surface area contributed by atoms with Gasteiger partial charge < -0.3 is 15.9 Å². The highest BCUT2D eigenvalue weighted by atomic mass is 16.6. The zero-order chi connectivity index (χ0) is 15.3. The number of rotatable bonds is 9. The summed E-state index contributed by atoms with van der Waals surface area (Å²) in [7, 11) is 0. The summed E-state index contributed by atoms with van der Waals surface area (Å²) >= 11 is 0. The molecule has 0 spiro atoms. The van der Waals surface area contributed by atoms with Crippen molar-refractivity contribution in [3.63, 3.8) is 0 Å². The molecule has 0 radical (unpaired) electrons. The van der Waals surface area contributed by atoms with Crippen molar-refractivity contribution in [3.8, 4) is 0 Å². The topological polar surface area (TPSA) is 83.6 Å². The van der Waals surface area contributed by atoms with Gasteiger partial charge in [-0.05, 0) is 31.6 Å². The third kappa shape index (κ3) is 10.8. The van der Waals surface area contributed by atoms with Gasteiger partial charge in [0.05, 0.1) is 0 Å². The summed E-state index contributed by atoms with van der Waals surface area (Å²) in [5.74, 6) is 0.743. The lowest BCUT2D eigenvalue weighted by Gasteiger charge is -2.38. The van der Waals surface area contributed by atoms with Crippen LogP contribution in [0.2, 0.25) is 0 Å². The molecule has 0 aliphatic heterocycles. The molecule has 19 heavy (non-hydrogen) atoms. The summed E-state index contributed by atoms with van der Waals surface area (Å²) in [5, 5.41) is 13.9. The average molecular weight is 275 g/mol. The monoisotopic (exact) mass is 275 g/mol. The molecule has 0 rings (SSSR count). The summed E-state index contributed by atoms with van der Waals surface area (Å²) < 4.78 is 0. The van der Waals surface area contributed by atoms with E-state index in [0.717, 1.165) is 5.92 Å². The highest BCUT2D eigenvalue weighted by Crippen LogP contribution is 2.32. The van der Waals surface area contributed by atoms with Crippen LogP contribution in [-0.2, 0) is 0 Å². The molecule has 4 heteroatoms. The number of nitrogens with two attached hydrogens (primary N) is 1. The van der Waals surface area contributed by atoms with Crippen LogP contribution in [0.1, 0.15) is 79.1 Å². The fourth-order valence-corrected chi connectivity index (χ4v) is 2.88. The van der Waals surface area contributed by atoms with Gasteiger partial charge in [-0.15, -0.1) is 0 Å². The fraction of sp³-hybridized carbons (Fsp3) is 0.933. The molecule has 4 nitrogen and oxygen atoms in total. The van der Waals surface area contributed by atoms with E-state index in [2.05, 4.69) is 27.7 Å². The second-order valence-corrected chi connectivity index (χ2v) is 5.29. The van der Waals surface area contributed by atoms with Gasteiger partial charge in [0, 0.05) is 5.54 Å². The van der Waals surface area contributed by atoms with E-state index in [1.54, 1.807) is 0 Å². The van der Waals surface area contributed by atoms with Crippen molar-refractivity contribution in [2.45, 2.75) is 84.6 Å². The minimum absolute atomic E-state index is 0.121. The molecule has 0 fully saturated rings. The standard InChI is InChI=1S/C14H31N.CH2O3/c1-5-9-13(10-6-2)14(15,11-7-3)12-8-4;2-1(3)4/h13H,5-12,15H2,1-4H3;(H2,2,3,4). The quantitative estimate of drug-likeness (QED) is 0.568. The Hall–Kier alpha value is -0.770. The molecular weight excluding hydrogens is 242 g/mol. The van der Waals surface area contributed by atoms with Crippen molar-refractivity contribution in [2.75, 3.05) is 0 Å². The normalized spacial score (nSPS) is 11.1. The van der Waals surface area contributed by atoms with E-state index >= 15 is 0 Å². The Morgan fingerprint density at radius 1 is 0.947 bits per heavy atom.